The molecule has 1 aromatic heterocycles. The highest BCUT2D eigenvalue weighted by Crippen LogP contribution is 2.16. The quantitative estimate of drug-likeness (QED) is 0.479. The standard InChI is InChI=1S/C13H15NO3S2/c1-18-13-8-7-11-5-2-3-6-12(11)14(13)9-4-10-19(15,16)17/h2-3,5-8H,4,9-10H2,1H3. The van der Waals surface area contributed by atoms with Gasteiger partial charge >= 0.3 is 0 Å². The van der Waals surface area contributed by atoms with Crippen LogP contribution in [-0.2, 0) is 16.7 Å². The van der Waals surface area contributed by atoms with Crippen LogP contribution < -0.4 is 4.57 Å². The molecule has 19 heavy (non-hydrogen) atoms. The first-order valence-electron chi connectivity index (χ1n) is 5.90. The first-order chi connectivity index (χ1) is 9.01. The number of para-hydroxylation sites is 1. The van der Waals surface area contributed by atoms with Crippen molar-refractivity contribution in [1.29, 1.82) is 0 Å². The average Bonchev–Trinajstić information content (AvgIpc) is 2.37. The van der Waals surface area contributed by atoms with E-state index in [1.807, 2.05) is 42.7 Å². The second-order valence-electron chi connectivity index (χ2n) is 4.20. The number of aryl methyl sites for hydroxylation is 1. The second kappa shape index (κ2) is 5.90. The molecule has 0 aliphatic carbocycles. The zero-order valence-corrected chi connectivity index (χ0v) is 12.2. The summed E-state index contributed by atoms with van der Waals surface area (Å²) >= 11 is 1.60. The Labute approximate surface area is 117 Å². The van der Waals surface area contributed by atoms with E-state index in [0.717, 1.165) is 15.9 Å². The predicted octanol–water partition coefficient (Wildman–Crippen LogP) is 1.78. The van der Waals surface area contributed by atoms with Crippen LogP contribution in [0.25, 0.3) is 10.9 Å². The minimum Gasteiger partial charge on any atom is -0.748 e. The molecule has 0 fully saturated rings. The van der Waals surface area contributed by atoms with Crippen molar-refractivity contribution >= 4 is 32.8 Å². The highest BCUT2D eigenvalue weighted by atomic mass is 32.2. The molecule has 0 N–H and O–H groups in total. The van der Waals surface area contributed by atoms with Crippen molar-refractivity contribution < 1.29 is 17.5 Å². The number of rotatable bonds is 5. The molecule has 2 aromatic rings. The van der Waals surface area contributed by atoms with E-state index in [1.165, 1.54) is 0 Å². The van der Waals surface area contributed by atoms with Crippen LogP contribution in [0, 0.1) is 0 Å². The molecule has 1 aromatic carbocycles. The molecule has 0 amide bonds. The largest absolute Gasteiger partial charge is 0.748 e. The molecule has 4 nitrogen and oxygen atoms in total. The number of nitrogens with zero attached hydrogens (tertiary/aromatic N) is 1. The van der Waals surface area contributed by atoms with Crippen molar-refractivity contribution in [2.24, 2.45) is 0 Å². The number of thioether (sulfide) groups is 1. The molecule has 0 unspecified atom stereocenters. The minimum atomic E-state index is -4.14. The lowest BCUT2D eigenvalue weighted by Crippen LogP contribution is -2.37. The Morgan fingerprint density at radius 2 is 1.95 bits per heavy atom. The van der Waals surface area contributed by atoms with Crippen LogP contribution in [0.5, 0.6) is 0 Å². The molecule has 0 spiro atoms. The summed E-state index contributed by atoms with van der Waals surface area (Å²) in [7, 11) is -4.14. The molecule has 1 heterocycles. The SMILES string of the molecule is CSc1ccc2ccccc2[n+]1CCCS(=O)(=O)[O-]. The number of hydrogen-bond donors (Lipinski definition) is 0. The van der Waals surface area contributed by atoms with Gasteiger partial charge in [0.15, 0.2) is 6.54 Å². The van der Waals surface area contributed by atoms with Crippen LogP contribution in [-0.4, -0.2) is 25.0 Å². The molecular weight excluding hydrogens is 282 g/mol. The molecular formula is C13H15NO3S2. The summed E-state index contributed by atoms with van der Waals surface area (Å²) in [5.41, 5.74) is 1.05. The number of hydrogen-bond acceptors (Lipinski definition) is 4. The Morgan fingerprint density at radius 1 is 1.21 bits per heavy atom. The number of benzene rings is 1. The van der Waals surface area contributed by atoms with E-state index < -0.39 is 10.1 Å². The zero-order valence-electron chi connectivity index (χ0n) is 10.6. The topological polar surface area (TPSA) is 61.1 Å². The summed E-state index contributed by atoms with van der Waals surface area (Å²) < 4.78 is 34.1. The number of pyridine rings is 1. The second-order valence-corrected chi connectivity index (χ2v) is 6.55. The Bertz CT molecular complexity index is 683. The van der Waals surface area contributed by atoms with Crippen molar-refractivity contribution in [3.8, 4) is 0 Å². The summed E-state index contributed by atoms with van der Waals surface area (Å²) in [6.45, 7) is 0.527. The zero-order chi connectivity index (χ0) is 13.9. The average molecular weight is 297 g/mol. The van der Waals surface area contributed by atoms with E-state index in [2.05, 4.69) is 4.57 Å². The normalized spacial score (nSPS) is 11.9. The van der Waals surface area contributed by atoms with Gasteiger partial charge in [-0.25, -0.2) is 8.42 Å². The summed E-state index contributed by atoms with van der Waals surface area (Å²) in [4.78, 5) is 0. The van der Waals surface area contributed by atoms with Crippen LogP contribution >= 0.6 is 11.8 Å². The summed E-state index contributed by atoms with van der Waals surface area (Å²) in [6, 6.07) is 12.0. The van der Waals surface area contributed by atoms with Gasteiger partial charge in [0.1, 0.15) is 0 Å². The molecule has 0 radical (unpaired) electrons. The molecule has 6 heteroatoms. The van der Waals surface area contributed by atoms with E-state index in [0.29, 0.717) is 13.0 Å². The Hall–Kier alpha value is -1.11. The van der Waals surface area contributed by atoms with E-state index in [-0.39, 0.29) is 5.75 Å². The Balaban J connectivity index is 2.34. The summed E-state index contributed by atoms with van der Waals surface area (Å²) in [5, 5.41) is 2.16. The first kappa shape index (κ1) is 14.3. The third-order valence-corrected chi connectivity index (χ3v) is 4.45. The monoisotopic (exact) mass is 297 g/mol. The lowest BCUT2D eigenvalue weighted by molar-refractivity contribution is -0.707. The van der Waals surface area contributed by atoms with Crippen molar-refractivity contribution in [1.82, 2.24) is 0 Å². The van der Waals surface area contributed by atoms with E-state index in [4.69, 9.17) is 0 Å². The highest BCUT2D eigenvalue weighted by molar-refractivity contribution is 7.98. The van der Waals surface area contributed by atoms with E-state index in [9.17, 15) is 13.0 Å². The maximum absolute atomic E-state index is 10.7. The van der Waals surface area contributed by atoms with Crippen LogP contribution in [0.2, 0.25) is 0 Å². The molecule has 102 valence electrons. The fourth-order valence-electron chi connectivity index (χ4n) is 2.05. The van der Waals surface area contributed by atoms with E-state index >= 15 is 0 Å². The van der Waals surface area contributed by atoms with Gasteiger partial charge in [0.2, 0.25) is 10.5 Å². The predicted molar refractivity (Wildman–Crippen MR) is 75.1 cm³/mol. The minimum absolute atomic E-state index is 0.322. The highest BCUT2D eigenvalue weighted by Gasteiger charge is 2.14. The van der Waals surface area contributed by atoms with Crippen LogP contribution in [0.3, 0.4) is 0 Å². The molecule has 0 saturated carbocycles. The van der Waals surface area contributed by atoms with Gasteiger partial charge in [0.25, 0.3) is 0 Å². The lowest BCUT2D eigenvalue weighted by Gasteiger charge is -2.07. The van der Waals surface area contributed by atoms with Gasteiger partial charge in [-0.15, -0.1) is 0 Å². The third-order valence-electron chi connectivity index (χ3n) is 2.88. The Morgan fingerprint density at radius 3 is 2.63 bits per heavy atom. The van der Waals surface area contributed by atoms with Crippen molar-refractivity contribution in [2.75, 3.05) is 12.0 Å². The van der Waals surface area contributed by atoms with Gasteiger partial charge in [0, 0.05) is 29.7 Å². The van der Waals surface area contributed by atoms with Gasteiger partial charge in [-0.3, -0.25) is 0 Å². The van der Waals surface area contributed by atoms with Crippen molar-refractivity contribution in [3.63, 3.8) is 0 Å². The smallest absolute Gasteiger partial charge is 0.240 e. The van der Waals surface area contributed by atoms with Crippen LogP contribution in [0.1, 0.15) is 6.42 Å². The lowest BCUT2D eigenvalue weighted by atomic mass is 10.2. The van der Waals surface area contributed by atoms with Crippen LogP contribution in [0.4, 0.5) is 0 Å². The van der Waals surface area contributed by atoms with Gasteiger partial charge in [-0.05, 0) is 18.4 Å². The van der Waals surface area contributed by atoms with Crippen LogP contribution in [0.15, 0.2) is 41.4 Å². The first-order valence-corrected chi connectivity index (χ1v) is 8.70. The maximum Gasteiger partial charge on any atom is 0.240 e. The molecule has 2 rings (SSSR count). The summed E-state index contributed by atoms with van der Waals surface area (Å²) in [6.07, 6.45) is 2.31. The van der Waals surface area contributed by atoms with Gasteiger partial charge < -0.3 is 4.55 Å². The van der Waals surface area contributed by atoms with Gasteiger partial charge in [-0.2, -0.15) is 4.57 Å². The molecule has 0 aliphatic rings. The molecule has 0 saturated heterocycles. The number of fused-ring (bicyclic) bond motifs is 1. The Kier molecular flexibility index (Phi) is 4.44. The maximum atomic E-state index is 10.7. The molecule has 0 atom stereocenters. The van der Waals surface area contributed by atoms with Crippen molar-refractivity contribution in [2.45, 2.75) is 18.0 Å². The molecule has 0 aliphatic heterocycles. The van der Waals surface area contributed by atoms with Crippen molar-refractivity contribution in [3.05, 3.63) is 36.4 Å². The number of aromatic nitrogens is 1. The van der Waals surface area contributed by atoms with E-state index in [1.54, 1.807) is 11.8 Å². The molecule has 0 bridgehead atoms. The summed E-state index contributed by atoms with van der Waals surface area (Å²) in [5.74, 6) is -0.322. The fourth-order valence-corrected chi connectivity index (χ4v) is 3.15. The van der Waals surface area contributed by atoms with Gasteiger partial charge in [-0.1, -0.05) is 23.9 Å². The third kappa shape index (κ3) is 3.68. The van der Waals surface area contributed by atoms with Gasteiger partial charge in [0.05, 0.1) is 10.1 Å². The fraction of sp³-hybridized carbons (Fsp3) is 0.308.